The zero-order valence-corrected chi connectivity index (χ0v) is 12.5. The molecule has 1 aromatic carbocycles. The maximum absolute atomic E-state index is 12.3. The fourth-order valence-electron chi connectivity index (χ4n) is 2.44. The second kappa shape index (κ2) is 6.24. The van der Waals surface area contributed by atoms with Gasteiger partial charge >= 0.3 is 0 Å². The van der Waals surface area contributed by atoms with Crippen LogP contribution in [0.15, 0.2) is 24.3 Å². The van der Waals surface area contributed by atoms with Crippen LogP contribution in [0.1, 0.15) is 13.8 Å². The van der Waals surface area contributed by atoms with E-state index >= 15 is 0 Å². The molecule has 20 heavy (non-hydrogen) atoms. The number of amides is 1. The third-order valence-corrected chi connectivity index (χ3v) is 4.14. The molecular formula is C15H24N4O. The first-order valence-corrected chi connectivity index (χ1v) is 7.08. The van der Waals surface area contributed by atoms with Crippen LogP contribution in [-0.2, 0) is 4.79 Å². The zero-order chi connectivity index (χ0) is 14.7. The smallest absolute Gasteiger partial charge is 0.241 e. The number of nitrogen functional groups attached to an aromatic ring is 1. The van der Waals surface area contributed by atoms with Crippen LogP contribution in [0.3, 0.4) is 0 Å². The summed E-state index contributed by atoms with van der Waals surface area (Å²) >= 11 is 0. The number of hydrogen-bond donors (Lipinski definition) is 2. The molecule has 110 valence electrons. The summed E-state index contributed by atoms with van der Waals surface area (Å²) in [5.74, 6) is -0.000321. The molecule has 5 heteroatoms. The number of nitrogens with one attached hydrogen (secondary N) is 1. The molecule has 0 saturated carbocycles. The van der Waals surface area contributed by atoms with Crippen molar-refractivity contribution in [1.29, 1.82) is 0 Å². The van der Waals surface area contributed by atoms with E-state index in [1.165, 1.54) is 0 Å². The van der Waals surface area contributed by atoms with Crippen molar-refractivity contribution in [1.82, 2.24) is 9.80 Å². The van der Waals surface area contributed by atoms with E-state index in [2.05, 4.69) is 29.1 Å². The number of para-hydroxylation sites is 2. The van der Waals surface area contributed by atoms with Crippen molar-refractivity contribution in [2.75, 3.05) is 37.7 Å². The molecule has 5 nitrogen and oxygen atoms in total. The maximum Gasteiger partial charge on any atom is 0.241 e. The third-order valence-electron chi connectivity index (χ3n) is 4.14. The van der Waals surface area contributed by atoms with Crippen LogP contribution >= 0.6 is 0 Å². The number of hydrogen-bond acceptors (Lipinski definition) is 4. The number of piperazine rings is 1. The minimum atomic E-state index is -0.147. The van der Waals surface area contributed by atoms with E-state index in [1.807, 2.05) is 25.1 Å². The van der Waals surface area contributed by atoms with Gasteiger partial charge in [-0.05, 0) is 33.0 Å². The third kappa shape index (κ3) is 3.29. The van der Waals surface area contributed by atoms with Gasteiger partial charge in [-0.1, -0.05) is 12.1 Å². The lowest BCUT2D eigenvalue weighted by molar-refractivity contribution is -0.121. The lowest BCUT2D eigenvalue weighted by Crippen LogP contribution is -2.55. The molecule has 0 radical (unpaired) electrons. The molecule has 1 fully saturated rings. The van der Waals surface area contributed by atoms with Gasteiger partial charge in [0.2, 0.25) is 5.91 Å². The van der Waals surface area contributed by atoms with E-state index in [0.717, 1.165) is 19.6 Å². The quantitative estimate of drug-likeness (QED) is 0.815. The predicted molar refractivity (Wildman–Crippen MR) is 82.6 cm³/mol. The van der Waals surface area contributed by atoms with Crippen molar-refractivity contribution in [2.24, 2.45) is 0 Å². The summed E-state index contributed by atoms with van der Waals surface area (Å²) in [5, 5.41) is 2.91. The van der Waals surface area contributed by atoms with E-state index in [0.29, 0.717) is 17.4 Å². The van der Waals surface area contributed by atoms with Crippen molar-refractivity contribution in [3.05, 3.63) is 24.3 Å². The van der Waals surface area contributed by atoms with Gasteiger partial charge in [0.15, 0.2) is 0 Å². The second-order valence-corrected chi connectivity index (χ2v) is 5.58. The highest BCUT2D eigenvalue weighted by atomic mass is 16.2. The Hall–Kier alpha value is -1.59. The molecule has 0 aromatic heterocycles. The van der Waals surface area contributed by atoms with Crippen molar-refractivity contribution in [3.8, 4) is 0 Å². The molecular weight excluding hydrogens is 252 g/mol. The molecule has 1 aliphatic rings. The van der Waals surface area contributed by atoms with Crippen LogP contribution in [0.4, 0.5) is 11.4 Å². The molecule has 2 unspecified atom stereocenters. The van der Waals surface area contributed by atoms with Crippen LogP contribution in [0.5, 0.6) is 0 Å². The number of carbonyl (C=O) groups excluding carboxylic acids is 1. The Kier molecular flexibility index (Phi) is 4.62. The van der Waals surface area contributed by atoms with Crippen molar-refractivity contribution in [3.63, 3.8) is 0 Å². The zero-order valence-electron chi connectivity index (χ0n) is 12.5. The van der Waals surface area contributed by atoms with Crippen molar-refractivity contribution < 1.29 is 4.79 Å². The first-order valence-electron chi connectivity index (χ1n) is 7.08. The molecule has 1 heterocycles. The van der Waals surface area contributed by atoms with Crippen molar-refractivity contribution in [2.45, 2.75) is 25.9 Å². The summed E-state index contributed by atoms with van der Waals surface area (Å²) < 4.78 is 0. The Morgan fingerprint density at radius 1 is 1.40 bits per heavy atom. The largest absolute Gasteiger partial charge is 0.397 e. The van der Waals surface area contributed by atoms with E-state index in [1.54, 1.807) is 6.07 Å². The standard InChI is InChI=1S/C15H24N4O/c1-11-10-19(9-8-18(11)3)12(2)15(20)17-14-7-5-4-6-13(14)16/h4-7,11-12H,8-10,16H2,1-3H3,(H,17,20). The first kappa shape index (κ1) is 14.8. The van der Waals surface area contributed by atoms with E-state index in [4.69, 9.17) is 5.73 Å². The summed E-state index contributed by atoms with van der Waals surface area (Å²) in [6, 6.07) is 7.67. The number of likely N-dealkylation sites (N-methyl/N-ethyl adjacent to an activating group) is 1. The van der Waals surface area contributed by atoms with Crippen LogP contribution in [0, 0.1) is 0 Å². The lowest BCUT2D eigenvalue weighted by Gasteiger charge is -2.40. The fraction of sp³-hybridized carbons (Fsp3) is 0.533. The molecule has 1 saturated heterocycles. The van der Waals surface area contributed by atoms with Gasteiger partial charge in [0.25, 0.3) is 0 Å². The number of nitrogens with two attached hydrogens (primary N) is 1. The number of carbonyl (C=O) groups is 1. The number of rotatable bonds is 3. The van der Waals surface area contributed by atoms with Gasteiger partial charge in [0.1, 0.15) is 0 Å². The van der Waals surface area contributed by atoms with Crippen LogP contribution in [0.2, 0.25) is 0 Å². The second-order valence-electron chi connectivity index (χ2n) is 5.58. The summed E-state index contributed by atoms with van der Waals surface area (Å²) in [6.45, 7) is 6.96. The monoisotopic (exact) mass is 276 g/mol. The number of benzene rings is 1. The van der Waals surface area contributed by atoms with E-state index in [9.17, 15) is 4.79 Å². The fourth-order valence-corrected chi connectivity index (χ4v) is 2.44. The average Bonchev–Trinajstić information content (AvgIpc) is 2.43. The average molecular weight is 276 g/mol. The molecule has 2 atom stereocenters. The van der Waals surface area contributed by atoms with Crippen molar-refractivity contribution >= 4 is 17.3 Å². The Balaban J connectivity index is 1.97. The molecule has 3 N–H and O–H groups in total. The maximum atomic E-state index is 12.3. The molecule has 0 aliphatic carbocycles. The normalized spacial score (nSPS) is 22.4. The van der Waals surface area contributed by atoms with Gasteiger partial charge in [-0.15, -0.1) is 0 Å². The Bertz CT molecular complexity index is 477. The first-order chi connectivity index (χ1) is 9.49. The minimum absolute atomic E-state index is 0.000321. The minimum Gasteiger partial charge on any atom is -0.397 e. The molecule has 0 bridgehead atoms. The van der Waals surface area contributed by atoms with Gasteiger partial charge in [-0.2, -0.15) is 0 Å². The summed E-state index contributed by atoms with van der Waals surface area (Å²) in [4.78, 5) is 16.9. The van der Waals surface area contributed by atoms with Gasteiger partial charge in [0, 0.05) is 25.7 Å². The molecule has 0 spiro atoms. The SMILES string of the molecule is CC1CN(C(C)C(=O)Nc2ccccc2N)CCN1C. The van der Waals surface area contributed by atoms with Crippen LogP contribution in [0.25, 0.3) is 0 Å². The topological polar surface area (TPSA) is 61.6 Å². The van der Waals surface area contributed by atoms with Crippen LogP contribution < -0.4 is 11.1 Å². The van der Waals surface area contributed by atoms with Gasteiger partial charge in [0.05, 0.1) is 17.4 Å². The lowest BCUT2D eigenvalue weighted by atomic mass is 10.1. The predicted octanol–water partition coefficient (Wildman–Crippen LogP) is 1.23. The number of anilines is 2. The van der Waals surface area contributed by atoms with Gasteiger partial charge in [-0.25, -0.2) is 0 Å². The molecule has 1 aliphatic heterocycles. The molecule has 1 amide bonds. The Labute approximate surface area is 120 Å². The highest BCUT2D eigenvalue weighted by Gasteiger charge is 2.28. The summed E-state index contributed by atoms with van der Waals surface area (Å²) in [7, 11) is 2.12. The van der Waals surface area contributed by atoms with Gasteiger partial charge in [-0.3, -0.25) is 9.69 Å². The Morgan fingerprint density at radius 3 is 2.75 bits per heavy atom. The van der Waals surface area contributed by atoms with Crippen LogP contribution in [-0.4, -0.2) is 54.5 Å². The molecule has 1 aromatic rings. The van der Waals surface area contributed by atoms with E-state index < -0.39 is 0 Å². The van der Waals surface area contributed by atoms with Gasteiger partial charge < -0.3 is 16.0 Å². The summed E-state index contributed by atoms with van der Waals surface area (Å²) in [6.07, 6.45) is 0. The molecule has 2 rings (SSSR count). The number of nitrogens with zero attached hydrogens (tertiary/aromatic N) is 2. The van der Waals surface area contributed by atoms with E-state index in [-0.39, 0.29) is 11.9 Å². The highest BCUT2D eigenvalue weighted by Crippen LogP contribution is 2.18. The summed E-state index contributed by atoms with van der Waals surface area (Å²) in [5.41, 5.74) is 7.14. The highest BCUT2D eigenvalue weighted by molar-refractivity contribution is 5.97. The Morgan fingerprint density at radius 2 is 2.10 bits per heavy atom.